The first kappa shape index (κ1) is 22.8. The van der Waals surface area contributed by atoms with E-state index in [1.807, 2.05) is 18.5 Å². The van der Waals surface area contributed by atoms with Crippen molar-refractivity contribution in [2.75, 3.05) is 18.0 Å². The number of nitrogens with one attached hydrogen (secondary N) is 1. The van der Waals surface area contributed by atoms with Crippen molar-refractivity contribution in [1.29, 1.82) is 0 Å². The van der Waals surface area contributed by atoms with E-state index >= 15 is 0 Å². The van der Waals surface area contributed by atoms with E-state index in [4.69, 9.17) is 27.5 Å². The molecule has 1 aliphatic heterocycles. The van der Waals surface area contributed by atoms with Crippen LogP contribution in [0.5, 0.6) is 0 Å². The first-order valence-electron chi connectivity index (χ1n) is 12.4. The second-order valence-electron chi connectivity index (χ2n) is 9.69. The molecule has 10 heteroatoms. The van der Waals surface area contributed by atoms with Crippen molar-refractivity contribution in [3.05, 3.63) is 40.1 Å². The maximum atomic E-state index is 11.6. The van der Waals surface area contributed by atoms with Crippen LogP contribution in [0.2, 0.25) is 5.02 Å². The van der Waals surface area contributed by atoms with Gasteiger partial charge in [-0.2, -0.15) is 0 Å². The van der Waals surface area contributed by atoms with E-state index in [1.54, 1.807) is 0 Å². The molecule has 184 valence electrons. The number of rotatable bonds is 5. The van der Waals surface area contributed by atoms with Gasteiger partial charge >= 0.3 is 5.76 Å². The van der Waals surface area contributed by atoms with Gasteiger partial charge in [-0.15, -0.1) is 12.3 Å². The van der Waals surface area contributed by atoms with E-state index in [0.29, 0.717) is 28.2 Å². The molecule has 1 aromatic carbocycles. The molecule has 2 fully saturated rings. The number of hydrogen-bond acceptors (Lipinski definition) is 7. The number of anilines is 1. The summed E-state index contributed by atoms with van der Waals surface area (Å²) >= 11 is 6.60. The molecule has 2 aliphatic rings. The minimum atomic E-state index is -0.664. The van der Waals surface area contributed by atoms with Crippen LogP contribution in [0.25, 0.3) is 34.1 Å². The molecule has 0 atom stereocenters. The minimum Gasteiger partial charge on any atom is -0.371 e. The van der Waals surface area contributed by atoms with Gasteiger partial charge in [-0.25, -0.2) is 19.7 Å². The first-order chi connectivity index (χ1) is 17.6. The highest BCUT2D eigenvalue weighted by atomic mass is 35.5. The predicted octanol–water partition coefficient (Wildman–Crippen LogP) is 4.53. The summed E-state index contributed by atoms with van der Waals surface area (Å²) in [6.07, 6.45) is 14.1. The van der Waals surface area contributed by atoms with E-state index in [2.05, 4.69) is 41.6 Å². The van der Waals surface area contributed by atoms with Crippen molar-refractivity contribution < 1.29 is 4.52 Å². The third-order valence-corrected chi connectivity index (χ3v) is 7.51. The standard InChI is InChI=1S/C26H26ClN7O2/c1-2-16-5-7-17(8-6-16)14-34-15-28-23-22(34)21(29-24(30-23)25-31-26(35)36-32-25)18-11-19(27)13-20(12-18)33-9-3-4-10-33/h1,11-13,15-17H,3-10,14H2,(H,31,32,35). The quantitative estimate of drug-likeness (QED) is 0.399. The molecule has 3 aromatic heterocycles. The van der Waals surface area contributed by atoms with Crippen LogP contribution in [-0.4, -0.2) is 42.7 Å². The molecule has 0 unspecified atom stereocenters. The number of terminal acetylenes is 1. The van der Waals surface area contributed by atoms with Gasteiger partial charge < -0.3 is 9.47 Å². The summed E-state index contributed by atoms with van der Waals surface area (Å²) in [5.74, 6) is 3.53. The lowest BCUT2D eigenvalue weighted by atomic mass is 9.82. The van der Waals surface area contributed by atoms with Gasteiger partial charge in [0.15, 0.2) is 5.65 Å². The highest BCUT2D eigenvalue weighted by molar-refractivity contribution is 6.31. The third-order valence-electron chi connectivity index (χ3n) is 7.29. The summed E-state index contributed by atoms with van der Waals surface area (Å²) in [4.78, 5) is 30.5. The largest absolute Gasteiger partial charge is 0.439 e. The van der Waals surface area contributed by atoms with Crippen LogP contribution < -0.4 is 10.7 Å². The lowest BCUT2D eigenvalue weighted by Gasteiger charge is -2.26. The summed E-state index contributed by atoms with van der Waals surface area (Å²) in [5, 5.41) is 4.42. The molecule has 1 saturated carbocycles. The number of imidazole rings is 1. The highest BCUT2D eigenvalue weighted by Gasteiger charge is 2.24. The Balaban J connectivity index is 1.46. The molecule has 36 heavy (non-hydrogen) atoms. The molecule has 1 saturated heterocycles. The monoisotopic (exact) mass is 503 g/mol. The number of aromatic nitrogens is 6. The van der Waals surface area contributed by atoms with Crippen molar-refractivity contribution in [2.45, 2.75) is 45.1 Å². The number of H-pyrrole nitrogens is 1. The zero-order chi connectivity index (χ0) is 24.6. The Bertz CT molecular complexity index is 1500. The van der Waals surface area contributed by atoms with Gasteiger partial charge in [0.05, 0.1) is 6.33 Å². The maximum Gasteiger partial charge on any atom is 0.439 e. The van der Waals surface area contributed by atoms with Crippen LogP contribution in [0.4, 0.5) is 5.69 Å². The van der Waals surface area contributed by atoms with Crippen LogP contribution >= 0.6 is 11.6 Å². The normalized spacial score (nSPS) is 20.2. The number of nitrogens with zero attached hydrogens (tertiary/aromatic N) is 6. The highest BCUT2D eigenvalue weighted by Crippen LogP contribution is 2.35. The van der Waals surface area contributed by atoms with E-state index < -0.39 is 5.76 Å². The number of halogens is 1. The second-order valence-corrected chi connectivity index (χ2v) is 10.1. The Kier molecular flexibility index (Phi) is 5.97. The van der Waals surface area contributed by atoms with Gasteiger partial charge in [0.2, 0.25) is 11.6 Å². The summed E-state index contributed by atoms with van der Waals surface area (Å²) in [5.41, 5.74) is 3.98. The molecule has 4 heterocycles. The SMILES string of the molecule is C#CC1CCC(Cn2cnc3nc(-c4noc(=O)[nH]4)nc(-c4cc(Cl)cc(N5CCCC5)c4)c32)CC1. The third kappa shape index (κ3) is 4.37. The first-order valence-corrected chi connectivity index (χ1v) is 12.8. The van der Waals surface area contributed by atoms with Crippen LogP contribution in [-0.2, 0) is 6.54 Å². The van der Waals surface area contributed by atoms with Gasteiger partial charge in [0.25, 0.3) is 0 Å². The predicted molar refractivity (Wildman–Crippen MR) is 138 cm³/mol. The molecule has 1 N–H and O–H groups in total. The van der Waals surface area contributed by atoms with Gasteiger partial charge in [0.1, 0.15) is 11.2 Å². The molecule has 0 bridgehead atoms. The molecule has 1 aliphatic carbocycles. The van der Waals surface area contributed by atoms with Crippen molar-refractivity contribution >= 4 is 28.5 Å². The van der Waals surface area contributed by atoms with E-state index in [1.165, 1.54) is 0 Å². The van der Waals surface area contributed by atoms with Gasteiger partial charge in [-0.05, 0) is 62.6 Å². The van der Waals surface area contributed by atoms with E-state index in [0.717, 1.165) is 74.9 Å². The second kappa shape index (κ2) is 9.43. The Hall–Kier alpha value is -3.64. The molecular weight excluding hydrogens is 478 g/mol. The van der Waals surface area contributed by atoms with E-state index in [-0.39, 0.29) is 11.6 Å². The van der Waals surface area contributed by atoms with Crippen LogP contribution in [0.1, 0.15) is 38.5 Å². The zero-order valence-corrected chi connectivity index (χ0v) is 20.5. The number of fused-ring (bicyclic) bond motifs is 1. The molecule has 6 rings (SSSR count). The van der Waals surface area contributed by atoms with Gasteiger partial charge in [-0.1, -0.05) is 16.8 Å². The van der Waals surface area contributed by atoms with Crippen molar-refractivity contribution in [1.82, 2.24) is 29.7 Å². The fraction of sp³-hybridized carbons (Fsp3) is 0.423. The summed E-state index contributed by atoms with van der Waals surface area (Å²) in [7, 11) is 0. The van der Waals surface area contributed by atoms with Gasteiger partial charge in [-0.3, -0.25) is 9.51 Å². The lowest BCUT2D eigenvalue weighted by molar-refractivity contribution is 0.288. The Morgan fingerprint density at radius 2 is 1.94 bits per heavy atom. The number of hydrogen-bond donors (Lipinski definition) is 1. The molecule has 0 spiro atoms. The average Bonchev–Trinajstić information content (AvgIpc) is 3.65. The van der Waals surface area contributed by atoms with Crippen molar-refractivity contribution in [3.63, 3.8) is 0 Å². The average molecular weight is 504 g/mol. The summed E-state index contributed by atoms with van der Waals surface area (Å²) < 4.78 is 6.83. The summed E-state index contributed by atoms with van der Waals surface area (Å²) in [6, 6.07) is 6.02. The maximum absolute atomic E-state index is 11.6. The molecule has 0 radical (unpaired) electrons. The van der Waals surface area contributed by atoms with Crippen molar-refractivity contribution in [3.8, 4) is 35.2 Å². The number of benzene rings is 1. The fourth-order valence-corrected chi connectivity index (χ4v) is 5.64. The Labute approximate surface area is 212 Å². The summed E-state index contributed by atoms with van der Waals surface area (Å²) in [6.45, 7) is 2.81. The van der Waals surface area contributed by atoms with Crippen LogP contribution in [0.3, 0.4) is 0 Å². The minimum absolute atomic E-state index is 0.159. The number of aromatic amines is 1. The van der Waals surface area contributed by atoms with Crippen molar-refractivity contribution in [2.24, 2.45) is 11.8 Å². The smallest absolute Gasteiger partial charge is 0.371 e. The van der Waals surface area contributed by atoms with Gasteiger partial charge in [0, 0.05) is 41.8 Å². The Morgan fingerprint density at radius 3 is 2.67 bits per heavy atom. The lowest BCUT2D eigenvalue weighted by Crippen LogP contribution is -2.18. The van der Waals surface area contributed by atoms with Crippen LogP contribution in [0, 0.1) is 24.2 Å². The molecule has 4 aromatic rings. The molecule has 9 nitrogen and oxygen atoms in total. The molecule has 0 amide bonds. The topological polar surface area (TPSA) is 106 Å². The van der Waals surface area contributed by atoms with E-state index in [9.17, 15) is 4.79 Å². The zero-order valence-electron chi connectivity index (χ0n) is 19.8. The van der Waals surface area contributed by atoms with Crippen LogP contribution in [0.15, 0.2) is 33.8 Å². The Morgan fingerprint density at radius 1 is 1.14 bits per heavy atom. The fourth-order valence-electron chi connectivity index (χ4n) is 5.41. The molecular formula is C26H26ClN7O2.